The van der Waals surface area contributed by atoms with E-state index in [9.17, 15) is 0 Å². The molecule has 1 atom stereocenters. The van der Waals surface area contributed by atoms with Gasteiger partial charge < -0.3 is 0 Å². The minimum absolute atomic E-state index is 0.0148. The quantitative estimate of drug-likeness (QED) is 0.666. The van der Waals surface area contributed by atoms with Gasteiger partial charge in [0, 0.05) is 11.2 Å². The van der Waals surface area contributed by atoms with Gasteiger partial charge in [0.1, 0.15) is 0 Å². The van der Waals surface area contributed by atoms with E-state index in [0.29, 0.717) is 0 Å². The van der Waals surface area contributed by atoms with E-state index in [1.807, 2.05) is 37.4 Å². The number of benzene rings is 1. The third-order valence-corrected chi connectivity index (χ3v) is 3.35. The number of aryl methyl sites for hydroxylation is 2. The van der Waals surface area contributed by atoms with Crippen molar-refractivity contribution in [3.8, 4) is 0 Å². The van der Waals surface area contributed by atoms with Crippen LogP contribution in [0.1, 0.15) is 28.4 Å². The number of hydrogen-bond donors (Lipinski definition) is 2. The fourth-order valence-electron chi connectivity index (χ4n) is 2.22. The van der Waals surface area contributed by atoms with Crippen LogP contribution in [0.2, 0.25) is 5.02 Å². The second-order valence-electron chi connectivity index (χ2n) is 4.77. The van der Waals surface area contributed by atoms with Gasteiger partial charge in [-0.3, -0.25) is 16.3 Å². The fourth-order valence-corrected chi connectivity index (χ4v) is 2.44. The third kappa shape index (κ3) is 3.53. The molecule has 4 heteroatoms. The Labute approximate surface area is 118 Å². The average molecular weight is 276 g/mol. The van der Waals surface area contributed by atoms with Crippen LogP contribution in [0.25, 0.3) is 0 Å². The molecule has 0 amide bonds. The maximum absolute atomic E-state index is 6.00. The van der Waals surface area contributed by atoms with E-state index in [4.69, 9.17) is 17.4 Å². The van der Waals surface area contributed by atoms with Crippen molar-refractivity contribution in [2.45, 2.75) is 26.3 Å². The number of rotatable bonds is 4. The minimum atomic E-state index is -0.0148. The van der Waals surface area contributed by atoms with Gasteiger partial charge in [0.25, 0.3) is 0 Å². The van der Waals surface area contributed by atoms with Crippen LogP contribution in [0.3, 0.4) is 0 Å². The molecule has 0 aliphatic carbocycles. The highest BCUT2D eigenvalue weighted by atomic mass is 35.5. The molecule has 1 heterocycles. The summed E-state index contributed by atoms with van der Waals surface area (Å²) in [5, 5.41) is 0.738. The largest absolute Gasteiger partial charge is 0.271 e. The molecule has 100 valence electrons. The van der Waals surface area contributed by atoms with Crippen LogP contribution in [0.5, 0.6) is 0 Å². The van der Waals surface area contributed by atoms with Crippen molar-refractivity contribution >= 4 is 11.6 Å². The fraction of sp³-hybridized carbons (Fsp3) is 0.267. The maximum Gasteiger partial charge on any atom is 0.0675 e. The van der Waals surface area contributed by atoms with Crippen molar-refractivity contribution in [2.75, 3.05) is 0 Å². The molecule has 0 bridgehead atoms. The standard InChI is InChI=1S/C15H18ClN3/c1-10-6-11(2)15(18-9-10)14(19-17)8-12-4-3-5-13(16)7-12/h3-7,9,14,19H,8,17H2,1-2H3. The van der Waals surface area contributed by atoms with Crippen molar-refractivity contribution < 1.29 is 0 Å². The molecule has 1 aromatic heterocycles. The molecule has 1 aromatic carbocycles. The Morgan fingerprint density at radius 2 is 2.11 bits per heavy atom. The van der Waals surface area contributed by atoms with E-state index < -0.39 is 0 Å². The number of pyridine rings is 1. The number of halogens is 1. The highest BCUT2D eigenvalue weighted by Crippen LogP contribution is 2.21. The molecule has 0 fully saturated rings. The molecule has 0 spiro atoms. The van der Waals surface area contributed by atoms with Crippen LogP contribution >= 0.6 is 11.6 Å². The molecule has 1 unspecified atom stereocenters. The summed E-state index contributed by atoms with van der Waals surface area (Å²) in [4.78, 5) is 4.49. The lowest BCUT2D eigenvalue weighted by Gasteiger charge is -2.18. The van der Waals surface area contributed by atoms with Gasteiger partial charge in [-0.25, -0.2) is 0 Å². The number of nitrogens with one attached hydrogen (secondary N) is 1. The summed E-state index contributed by atoms with van der Waals surface area (Å²) in [6.45, 7) is 4.09. The van der Waals surface area contributed by atoms with Crippen LogP contribution < -0.4 is 11.3 Å². The Bertz CT molecular complexity index is 569. The van der Waals surface area contributed by atoms with E-state index in [1.54, 1.807) is 0 Å². The summed E-state index contributed by atoms with van der Waals surface area (Å²) in [7, 11) is 0. The number of hydrogen-bond acceptors (Lipinski definition) is 3. The Morgan fingerprint density at radius 1 is 1.32 bits per heavy atom. The lowest BCUT2D eigenvalue weighted by atomic mass is 10.00. The molecule has 3 N–H and O–H groups in total. The minimum Gasteiger partial charge on any atom is -0.271 e. The molecular formula is C15H18ClN3. The van der Waals surface area contributed by atoms with Crippen LogP contribution in [0.4, 0.5) is 0 Å². The summed E-state index contributed by atoms with van der Waals surface area (Å²) in [5.74, 6) is 5.67. The molecule has 0 aliphatic rings. The zero-order chi connectivity index (χ0) is 13.8. The van der Waals surface area contributed by atoms with Gasteiger partial charge >= 0.3 is 0 Å². The molecule has 19 heavy (non-hydrogen) atoms. The van der Waals surface area contributed by atoms with Gasteiger partial charge in [0.05, 0.1) is 11.7 Å². The Balaban J connectivity index is 2.25. The van der Waals surface area contributed by atoms with Crippen LogP contribution in [-0.2, 0) is 6.42 Å². The Kier molecular flexibility index (Phi) is 4.53. The van der Waals surface area contributed by atoms with Crippen LogP contribution in [-0.4, -0.2) is 4.98 Å². The average Bonchev–Trinajstić information content (AvgIpc) is 2.37. The van der Waals surface area contributed by atoms with Gasteiger partial charge in [-0.15, -0.1) is 0 Å². The summed E-state index contributed by atoms with van der Waals surface area (Å²) < 4.78 is 0. The number of nitrogens with zero attached hydrogens (tertiary/aromatic N) is 1. The van der Waals surface area contributed by atoms with E-state index in [0.717, 1.165) is 33.8 Å². The Hall–Kier alpha value is -1.42. The van der Waals surface area contributed by atoms with Crippen molar-refractivity contribution in [1.82, 2.24) is 10.4 Å². The Morgan fingerprint density at radius 3 is 2.74 bits per heavy atom. The van der Waals surface area contributed by atoms with Crippen LogP contribution in [0, 0.1) is 13.8 Å². The SMILES string of the molecule is Cc1cnc(C(Cc2cccc(Cl)c2)NN)c(C)c1. The summed E-state index contributed by atoms with van der Waals surface area (Å²) in [6, 6.07) is 9.91. The van der Waals surface area contributed by atoms with Gasteiger partial charge in [0.2, 0.25) is 0 Å². The van der Waals surface area contributed by atoms with Gasteiger partial charge in [0.15, 0.2) is 0 Å². The molecule has 0 aliphatic heterocycles. The molecule has 0 saturated heterocycles. The molecule has 2 rings (SSSR count). The zero-order valence-corrected chi connectivity index (χ0v) is 11.9. The van der Waals surface area contributed by atoms with Crippen LogP contribution in [0.15, 0.2) is 36.5 Å². The van der Waals surface area contributed by atoms with E-state index in [-0.39, 0.29) is 6.04 Å². The lowest BCUT2D eigenvalue weighted by Crippen LogP contribution is -2.30. The summed E-state index contributed by atoms with van der Waals surface area (Å²) in [6.07, 6.45) is 2.62. The molecular weight excluding hydrogens is 258 g/mol. The highest BCUT2D eigenvalue weighted by Gasteiger charge is 2.14. The number of nitrogens with two attached hydrogens (primary N) is 1. The number of aromatic nitrogens is 1. The van der Waals surface area contributed by atoms with Crippen molar-refractivity contribution in [3.63, 3.8) is 0 Å². The van der Waals surface area contributed by atoms with Crippen molar-refractivity contribution in [3.05, 3.63) is 63.9 Å². The second-order valence-corrected chi connectivity index (χ2v) is 5.20. The molecule has 0 radical (unpaired) electrons. The van der Waals surface area contributed by atoms with Gasteiger partial charge in [-0.2, -0.15) is 0 Å². The highest BCUT2D eigenvalue weighted by molar-refractivity contribution is 6.30. The van der Waals surface area contributed by atoms with Crippen molar-refractivity contribution in [2.24, 2.45) is 5.84 Å². The van der Waals surface area contributed by atoms with Gasteiger partial charge in [-0.05, 0) is 49.1 Å². The zero-order valence-electron chi connectivity index (χ0n) is 11.2. The summed E-state index contributed by atoms with van der Waals surface area (Å²) >= 11 is 6.00. The first kappa shape index (κ1) is 14.0. The smallest absolute Gasteiger partial charge is 0.0675 e. The van der Waals surface area contributed by atoms with E-state index in [2.05, 4.69) is 23.4 Å². The molecule has 3 nitrogen and oxygen atoms in total. The first-order valence-electron chi connectivity index (χ1n) is 6.24. The topological polar surface area (TPSA) is 50.9 Å². The monoisotopic (exact) mass is 275 g/mol. The van der Waals surface area contributed by atoms with E-state index in [1.165, 1.54) is 0 Å². The molecule has 2 aromatic rings. The van der Waals surface area contributed by atoms with Gasteiger partial charge in [-0.1, -0.05) is 29.8 Å². The normalized spacial score (nSPS) is 12.4. The van der Waals surface area contributed by atoms with E-state index >= 15 is 0 Å². The number of hydrazine groups is 1. The first-order chi connectivity index (χ1) is 9.10. The second kappa shape index (κ2) is 6.15. The lowest BCUT2D eigenvalue weighted by molar-refractivity contribution is 0.535. The predicted octanol–water partition coefficient (Wildman–Crippen LogP) is 3.10. The van der Waals surface area contributed by atoms with Crippen molar-refractivity contribution in [1.29, 1.82) is 0 Å². The predicted molar refractivity (Wildman–Crippen MR) is 78.9 cm³/mol. The third-order valence-electron chi connectivity index (χ3n) is 3.12. The molecule has 0 saturated carbocycles. The first-order valence-corrected chi connectivity index (χ1v) is 6.61. The maximum atomic E-state index is 6.00. The summed E-state index contributed by atoms with van der Waals surface area (Å²) in [5.41, 5.74) is 7.25.